The summed E-state index contributed by atoms with van der Waals surface area (Å²) in [7, 11) is 1.84. The minimum Gasteiger partial charge on any atom is -0.318 e. The molecule has 0 radical (unpaired) electrons. The summed E-state index contributed by atoms with van der Waals surface area (Å²) in [5, 5.41) is 4.67. The summed E-state index contributed by atoms with van der Waals surface area (Å²) in [4.78, 5) is 1.06. The van der Waals surface area contributed by atoms with Crippen molar-refractivity contribution in [3.8, 4) is 0 Å². The molecule has 2 rings (SSSR count). The Balaban J connectivity index is 2.40. The zero-order valence-corrected chi connectivity index (χ0v) is 11.1. The van der Waals surface area contributed by atoms with Gasteiger partial charge in [0.2, 0.25) is 0 Å². The molecular weight excluding hydrogens is 298 g/mol. The van der Waals surface area contributed by atoms with Crippen LogP contribution >= 0.6 is 38.9 Å². The first-order valence-corrected chi connectivity index (χ1v) is 6.26. The first kappa shape index (κ1) is 11.1. The first-order chi connectivity index (χ1) is 7.09. The van der Waals surface area contributed by atoms with E-state index in [1.807, 2.05) is 19.2 Å². The number of nitrogens with zero attached hydrogens (tertiary/aromatic N) is 2. The van der Waals surface area contributed by atoms with Crippen LogP contribution in [0.2, 0.25) is 5.02 Å². The molecule has 0 aromatic carbocycles. The second-order valence-corrected chi connectivity index (χ2v) is 6.02. The van der Waals surface area contributed by atoms with Gasteiger partial charge in [-0.3, -0.25) is 4.68 Å². The van der Waals surface area contributed by atoms with Gasteiger partial charge < -0.3 is 5.73 Å². The maximum absolute atomic E-state index is 6.12. The van der Waals surface area contributed by atoms with Crippen molar-refractivity contribution in [2.45, 2.75) is 6.04 Å². The van der Waals surface area contributed by atoms with E-state index in [-0.39, 0.29) is 6.04 Å². The molecule has 0 aliphatic heterocycles. The van der Waals surface area contributed by atoms with Crippen LogP contribution in [-0.4, -0.2) is 9.78 Å². The average molecular weight is 307 g/mol. The van der Waals surface area contributed by atoms with Gasteiger partial charge in [0.25, 0.3) is 0 Å². The van der Waals surface area contributed by atoms with Gasteiger partial charge in [-0.2, -0.15) is 5.10 Å². The maximum Gasteiger partial charge on any atom is 0.0837 e. The predicted molar refractivity (Wildman–Crippen MR) is 66.3 cm³/mol. The Morgan fingerprint density at radius 2 is 2.33 bits per heavy atom. The number of nitrogens with two attached hydrogens (primary N) is 1. The van der Waals surface area contributed by atoms with Crippen molar-refractivity contribution in [2.24, 2.45) is 12.8 Å². The Kier molecular flexibility index (Phi) is 3.16. The highest BCUT2D eigenvalue weighted by atomic mass is 79.9. The highest BCUT2D eigenvalue weighted by molar-refractivity contribution is 9.11. The molecule has 2 heterocycles. The van der Waals surface area contributed by atoms with Crippen LogP contribution in [0.1, 0.15) is 16.6 Å². The van der Waals surface area contributed by atoms with Crippen molar-refractivity contribution in [1.82, 2.24) is 9.78 Å². The lowest BCUT2D eigenvalue weighted by Crippen LogP contribution is -2.15. The van der Waals surface area contributed by atoms with E-state index in [0.717, 1.165) is 14.4 Å². The van der Waals surface area contributed by atoms with Crippen molar-refractivity contribution in [3.05, 3.63) is 37.7 Å². The molecule has 0 saturated heterocycles. The normalized spacial score (nSPS) is 13.1. The Labute approximate surface area is 105 Å². The minimum absolute atomic E-state index is 0.221. The lowest BCUT2D eigenvalue weighted by Gasteiger charge is -2.10. The summed E-state index contributed by atoms with van der Waals surface area (Å²) >= 11 is 11.0. The molecule has 0 aliphatic rings. The summed E-state index contributed by atoms with van der Waals surface area (Å²) in [5.41, 5.74) is 6.96. The quantitative estimate of drug-likeness (QED) is 0.927. The molecule has 0 saturated carbocycles. The van der Waals surface area contributed by atoms with Gasteiger partial charge in [-0.1, -0.05) is 11.6 Å². The number of aryl methyl sites for hydroxylation is 1. The van der Waals surface area contributed by atoms with Crippen LogP contribution < -0.4 is 5.73 Å². The third-order valence-electron chi connectivity index (χ3n) is 2.13. The van der Waals surface area contributed by atoms with Crippen LogP contribution in [0.15, 0.2) is 22.1 Å². The van der Waals surface area contributed by atoms with Crippen LogP contribution in [-0.2, 0) is 7.05 Å². The van der Waals surface area contributed by atoms with Gasteiger partial charge in [0.1, 0.15) is 0 Å². The van der Waals surface area contributed by atoms with E-state index in [1.165, 1.54) is 0 Å². The number of hydrogen-bond donors (Lipinski definition) is 1. The van der Waals surface area contributed by atoms with Crippen LogP contribution in [0.25, 0.3) is 0 Å². The highest BCUT2D eigenvalue weighted by Crippen LogP contribution is 2.32. The van der Waals surface area contributed by atoms with Gasteiger partial charge in [0.15, 0.2) is 0 Å². The van der Waals surface area contributed by atoms with Crippen molar-refractivity contribution in [1.29, 1.82) is 0 Å². The SMILES string of the molecule is Cn1ncc(Cl)c1C(N)c1ccc(Br)s1. The monoisotopic (exact) mass is 305 g/mol. The van der Waals surface area contributed by atoms with Gasteiger partial charge in [-0.15, -0.1) is 11.3 Å². The molecule has 2 aromatic heterocycles. The number of halogens is 2. The van der Waals surface area contributed by atoms with Crippen LogP contribution in [0.5, 0.6) is 0 Å². The fraction of sp³-hybridized carbons (Fsp3) is 0.222. The Morgan fingerprint density at radius 1 is 1.60 bits per heavy atom. The molecule has 6 heteroatoms. The summed E-state index contributed by atoms with van der Waals surface area (Å²) in [6.07, 6.45) is 1.61. The van der Waals surface area contributed by atoms with Crippen molar-refractivity contribution < 1.29 is 0 Å². The van der Waals surface area contributed by atoms with Crippen molar-refractivity contribution in [2.75, 3.05) is 0 Å². The predicted octanol–water partition coefficient (Wildman–Crippen LogP) is 2.95. The number of thiophene rings is 1. The Bertz CT molecular complexity index is 460. The lowest BCUT2D eigenvalue weighted by atomic mass is 10.2. The van der Waals surface area contributed by atoms with E-state index in [4.69, 9.17) is 17.3 Å². The molecule has 1 unspecified atom stereocenters. The van der Waals surface area contributed by atoms with Crippen molar-refractivity contribution >= 4 is 38.9 Å². The van der Waals surface area contributed by atoms with E-state index in [9.17, 15) is 0 Å². The molecule has 2 aromatic rings. The smallest absolute Gasteiger partial charge is 0.0837 e. The summed E-state index contributed by atoms with van der Waals surface area (Å²) in [5.74, 6) is 0. The molecular formula is C9H9BrClN3S. The largest absolute Gasteiger partial charge is 0.318 e. The maximum atomic E-state index is 6.12. The molecule has 2 N–H and O–H groups in total. The lowest BCUT2D eigenvalue weighted by molar-refractivity contribution is 0.678. The summed E-state index contributed by atoms with van der Waals surface area (Å²) < 4.78 is 2.77. The molecule has 0 spiro atoms. The zero-order valence-electron chi connectivity index (χ0n) is 7.95. The van der Waals surface area contributed by atoms with Gasteiger partial charge in [-0.05, 0) is 28.1 Å². The highest BCUT2D eigenvalue weighted by Gasteiger charge is 2.18. The molecule has 15 heavy (non-hydrogen) atoms. The topological polar surface area (TPSA) is 43.8 Å². The van der Waals surface area contributed by atoms with E-state index >= 15 is 0 Å². The van der Waals surface area contributed by atoms with Gasteiger partial charge in [0, 0.05) is 11.9 Å². The standard InChI is InChI=1S/C9H9BrClN3S/c1-14-9(5(11)4-13-14)8(12)6-2-3-7(10)15-6/h2-4,8H,12H2,1H3. The molecule has 0 bridgehead atoms. The molecule has 0 amide bonds. The van der Waals surface area contributed by atoms with Crippen LogP contribution in [0.3, 0.4) is 0 Å². The van der Waals surface area contributed by atoms with E-state index < -0.39 is 0 Å². The minimum atomic E-state index is -0.221. The number of rotatable bonds is 2. The average Bonchev–Trinajstić information content (AvgIpc) is 2.73. The Morgan fingerprint density at radius 3 is 2.80 bits per heavy atom. The molecule has 0 fully saturated rings. The molecule has 3 nitrogen and oxygen atoms in total. The fourth-order valence-electron chi connectivity index (χ4n) is 1.40. The van der Waals surface area contributed by atoms with Crippen molar-refractivity contribution in [3.63, 3.8) is 0 Å². The van der Waals surface area contributed by atoms with E-state index in [0.29, 0.717) is 5.02 Å². The second kappa shape index (κ2) is 4.25. The molecule has 0 aliphatic carbocycles. The third kappa shape index (κ3) is 2.10. The van der Waals surface area contributed by atoms with E-state index in [1.54, 1.807) is 22.2 Å². The van der Waals surface area contributed by atoms with Gasteiger partial charge in [-0.25, -0.2) is 0 Å². The number of hydrogen-bond acceptors (Lipinski definition) is 3. The second-order valence-electron chi connectivity index (χ2n) is 3.12. The zero-order chi connectivity index (χ0) is 11.0. The number of aromatic nitrogens is 2. The Hall–Kier alpha value is -0.360. The molecule has 1 atom stereocenters. The first-order valence-electron chi connectivity index (χ1n) is 4.28. The van der Waals surface area contributed by atoms with E-state index in [2.05, 4.69) is 21.0 Å². The molecule has 80 valence electrons. The van der Waals surface area contributed by atoms with Crippen LogP contribution in [0.4, 0.5) is 0 Å². The third-order valence-corrected chi connectivity index (χ3v) is 4.13. The van der Waals surface area contributed by atoms with Gasteiger partial charge >= 0.3 is 0 Å². The van der Waals surface area contributed by atoms with Crippen LogP contribution in [0, 0.1) is 0 Å². The fourth-order valence-corrected chi connectivity index (χ4v) is 3.11. The summed E-state index contributed by atoms with van der Waals surface area (Å²) in [6, 6.07) is 3.74. The summed E-state index contributed by atoms with van der Waals surface area (Å²) in [6.45, 7) is 0. The van der Waals surface area contributed by atoms with Gasteiger partial charge in [0.05, 0.1) is 26.7 Å².